The van der Waals surface area contributed by atoms with Gasteiger partial charge in [0.15, 0.2) is 0 Å². The second-order valence-corrected chi connectivity index (χ2v) is 4.47. The Morgan fingerprint density at radius 3 is 2.39 bits per heavy atom. The second-order valence-electron chi connectivity index (χ2n) is 4.06. The van der Waals surface area contributed by atoms with E-state index in [1.54, 1.807) is 6.07 Å². The van der Waals surface area contributed by atoms with Gasteiger partial charge in [-0.3, -0.25) is 0 Å². The average Bonchev–Trinajstić information content (AvgIpc) is 2.39. The highest BCUT2D eigenvalue weighted by Crippen LogP contribution is 2.25. The van der Waals surface area contributed by atoms with Crippen molar-refractivity contribution in [1.29, 1.82) is 5.26 Å². The van der Waals surface area contributed by atoms with Gasteiger partial charge in [-0.2, -0.15) is 5.26 Å². The molecule has 1 nitrogen and oxygen atoms in total. The minimum Gasteiger partial charge on any atom is -0.192 e. The lowest BCUT2D eigenvalue weighted by molar-refractivity contribution is 1.46. The van der Waals surface area contributed by atoms with Gasteiger partial charge in [-0.1, -0.05) is 59.6 Å². The van der Waals surface area contributed by atoms with Gasteiger partial charge in [-0.15, -0.1) is 0 Å². The van der Waals surface area contributed by atoms with Gasteiger partial charge in [0.05, 0.1) is 11.6 Å². The molecule has 2 aromatic carbocycles. The molecule has 0 unspecified atom stereocenters. The van der Waals surface area contributed by atoms with E-state index >= 15 is 0 Å². The Morgan fingerprint density at radius 2 is 1.78 bits per heavy atom. The van der Waals surface area contributed by atoms with Gasteiger partial charge in [0, 0.05) is 10.6 Å². The molecule has 0 aromatic heterocycles. The van der Waals surface area contributed by atoms with Crippen molar-refractivity contribution >= 4 is 23.3 Å². The molecule has 0 bridgehead atoms. The van der Waals surface area contributed by atoms with Crippen LogP contribution in [0.5, 0.6) is 0 Å². The molecule has 0 saturated heterocycles. The van der Waals surface area contributed by atoms with Crippen LogP contribution in [0, 0.1) is 18.3 Å². The second kappa shape index (κ2) is 5.53. The summed E-state index contributed by atoms with van der Waals surface area (Å²) in [5.74, 6) is 0. The van der Waals surface area contributed by atoms with Crippen LogP contribution >= 0.6 is 11.6 Å². The molecule has 0 atom stereocenters. The number of benzene rings is 2. The summed E-state index contributed by atoms with van der Waals surface area (Å²) in [5.41, 5.74) is 3.53. The van der Waals surface area contributed by atoms with Crippen molar-refractivity contribution in [3.8, 4) is 6.07 Å². The van der Waals surface area contributed by atoms with Crippen molar-refractivity contribution < 1.29 is 0 Å². The quantitative estimate of drug-likeness (QED) is 0.562. The van der Waals surface area contributed by atoms with Gasteiger partial charge < -0.3 is 0 Å². The van der Waals surface area contributed by atoms with Crippen LogP contribution in [0.15, 0.2) is 48.5 Å². The number of hydrogen-bond donors (Lipinski definition) is 0. The fourth-order valence-electron chi connectivity index (χ4n) is 1.68. The van der Waals surface area contributed by atoms with Gasteiger partial charge in [-0.05, 0) is 24.6 Å². The summed E-state index contributed by atoms with van der Waals surface area (Å²) in [6.45, 7) is 2.03. The lowest BCUT2D eigenvalue weighted by Gasteiger charge is -2.02. The molecule has 0 amide bonds. The maximum atomic E-state index is 9.24. The Kier molecular flexibility index (Phi) is 3.82. The number of hydrogen-bond acceptors (Lipinski definition) is 1. The average molecular weight is 254 g/mol. The molecule has 0 saturated carbocycles. The van der Waals surface area contributed by atoms with Crippen molar-refractivity contribution in [2.75, 3.05) is 0 Å². The molecule has 88 valence electrons. The van der Waals surface area contributed by atoms with Gasteiger partial charge >= 0.3 is 0 Å². The predicted molar refractivity (Wildman–Crippen MR) is 76.1 cm³/mol. The largest absolute Gasteiger partial charge is 0.192 e. The molecule has 0 radical (unpaired) electrons. The van der Waals surface area contributed by atoms with Crippen LogP contribution < -0.4 is 0 Å². The zero-order valence-corrected chi connectivity index (χ0v) is 10.8. The van der Waals surface area contributed by atoms with E-state index in [1.165, 1.54) is 5.56 Å². The molecule has 2 rings (SSSR count). The van der Waals surface area contributed by atoms with E-state index in [4.69, 9.17) is 11.6 Å². The molecule has 0 aliphatic carbocycles. The van der Waals surface area contributed by atoms with Crippen LogP contribution in [0.2, 0.25) is 5.02 Å². The third kappa shape index (κ3) is 2.80. The zero-order chi connectivity index (χ0) is 13.0. The maximum Gasteiger partial charge on any atom is 0.0998 e. The van der Waals surface area contributed by atoms with E-state index in [0.717, 1.165) is 11.1 Å². The molecule has 0 spiro atoms. The molecule has 0 aliphatic rings. The van der Waals surface area contributed by atoms with Gasteiger partial charge in [0.25, 0.3) is 0 Å². The first-order valence-electron chi connectivity index (χ1n) is 5.64. The van der Waals surface area contributed by atoms with Crippen molar-refractivity contribution in [2.45, 2.75) is 6.92 Å². The van der Waals surface area contributed by atoms with E-state index in [0.29, 0.717) is 10.6 Å². The van der Waals surface area contributed by atoms with E-state index in [2.05, 4.69) is 6.07 Å². The predicted octanol–water partition coefficient (Wildman–Crippen LogP) is 4.71. The molecule has 0 fully saturated rings. The van der Waals surface area contributed by atoms with Crippen LogP contribution in [0.25, 0.3) is 11.6 Å². The van der Waals surface area contributed by atoms with Crippen LogP contribution in [-0.2, 0) is 0 Å². The summed E-state index contributed by atoms with van der Waals surface area (Å²) in [6, 6.07) is 17.6. The molecule has 2 aromatic rings. The smallest absolute Gasteiger partial charge is 0.0998 e. The fraction of sp³-hybridized carbons (Fsp3) is 0.0625. The van der Waals surface area contributed by atoms with Crippen molar-refractivity contribution in [1.82, 2.24) is 0 Å². The van der Waals surface area contributed by atoms with E-state index in [9.17, 15) is 5.26 Å². The molecule has 0 aliphatic heterocycles. The lowest BCUT2D eigenvalue weighted by Crippen LogP contribution is -1.83. The summed E-state index contributed by atoms with van der Waals surface area (Å²) in [4.78, 5) is 0. The summed E-state index contributed by atoms with van der Waals surface area (Å²) in [5, 5.41) is 9.84. The Balaban J connectivity index is 2.44. The summed E-state index contributed by atoms with van der Waals surface area (Å²) in [7, 11) is 0. The minimum atomic E-state index is 0.574. The molecule has 0 heterocycles. The van der Waals surface area contributed by atoms with Gasteiger partial charge in [0.1, 0.15) is 0 Å². The highest BCUT2D eigenvalue weighted by molar-refractivity contribution is 6.32. The van der Waals surface area contributed by atoms with Crippen molar-refractivity contribution in [2.24, 2.45) is 0 Å². The Morgan fingerprint density at radius 1 is 1.11 bits per heavy atom. The SMILES string of the molecule is Cc1ccc(/C=C(\C#N)c2ccccc2Cl)cc1. The van der Waals surface area contributed by atoms with Gasteiger partial charge in [-0.25, -0.2) is 0 Å². The Hall–Kier alpha value is -2.04. The van der Waals surface area contributed by atoms with E-state index in [1.807, 2.05) is 55.5 Å². The first-order chi connectivity index (χ1) is 8.70. The molecular formula is C16H12ClN. The molecule has 0 N–H and O–H groups in total. The Labute approximate surface area is 112 Å². The van der Waals surface area contributed by atoms with Crippen LogP contribution in [-0.4, -0.2) is 0 Å². The fourth-order valence-corrected chi connectivity index (χ4v) is 1.92. The molecule has 2 heteroatoms. The monoisotopic (exact) mass is 253 g/mol. The summed E-state index contributed by atoms with van der Waals surface area (Å²) >= 11 is 6.10. The minimum absolute atomic E-state index is 0.574. The maximum absolute atomic E-state index is 9.24. The third-order valence-electron chi connectivity index (χ3n) is 2.67. The van der Waals surface area contributed by atoms with Crippen LogP contribution in [0.3, 0.4) is 0 Å². The highest BCUT2D eigenvalue weighted by atomic mass is 35.5. The number of aryl methyl sites for hydroxylation is 1. The first kappa shape index (κ1) is 12.4. The number of allylic oxidation sites excluding steroid dienone is 1. The lowest BCUT2D eigenvalue weighted by atomic mass is 10.0. The normalized spacial score (nSPS) is 11.1. The Bertz CT molecular complexity index is 618. The van der Waals surface area contributed by atoms with Crippen LogP contribution in [0.4, 0.5) is 0 Å². The van der Waals surface area contributed by atoms with E-state index in [-0.39, 0.29) is 0 Å². The van der Waals surface area contributed by atoms with Crippen molar-refractivity contribution in [3.05, 3.63) is 70.2 Å². The number of rotatable bonds is 2. The topological polar surface area (TPSA) is 23.8 Å². The van der Waals surface area contributed by atoms with Crippen LogP contribution in [0.1, 0.15) is 16.7 Å². The molecule has 18 heavy (non-hydrogen) atoms. The summed E-state index contributed by atoms with van der Waals surface area (Å²) in [6.07, 6.45) is 1.85. The standard InChI is InChI=1S/C16H12ClN/c1-12-6-8-13(9-7-12)10-14(11-18)15-4-2-3-5-16(15)17/h2-10H,1H3/b14-10+. The first-order valence-corrected chi connectivity index (χ1v) is 6.02. The summed E-state index contributed by atoms with van der Waals surface area (Å²) < 4.78 is 0. The third-order valence-corrected chi connectivity index (χ3v) is 3.00. The van der Waals surface area contributed by atoms with E-state index < -0.39 is 0 Å². The van der Waals surface area contributed by atoms with Gasteiger partial charge in [0.2, 0.25) is 0 Å². The number of nitriles is 1. The number of nitrogens with zero attached hydrogens (tertiary/aromatic N) is 1. The van der Waals surface area contributed by atoms with Crippen molar-refractivity contribution in [3.63, 3.8) is 0 Å². The zero-order valence-electron chi connectivity index (χ0n) is 10.0. The highest BCUT2D eigenvalue weighted by Gasteiger charge is 2.04. The number of halogens is 1. The molecular weight excluding hydrogens is 242 g/mol.